The van der Waals surface area contributed by atoms with Gasteiger partial charge in [-0.3, -0.25) is 4.68 Å². The van der Waals surface area contributed by atoms with Crippen molar-refractivity contribution >= 4 is 26.8 Å². The average Bonchev–Trinajstić information content (AvgIpc) is 2.83. The van der Waals surface area contributed by atoms with Crippen LogP contribution in [-0.2, 0) is 13.5 Å². The number of rotatable bonds is 3. The number of pyridine rings is 1. The lowest BCUT2D eigenvalue weighted by molar-refractivity contribution is 0.171. The minimum atomic E-state index is -0.677. The van der Waals surface area contributed by atoms with Crippen LogP contribution in [0.2, 0.25) is 0 Å². The van der Waals surface area contributed by atoms with Crippen LogP contribution in [0.25, 0.3) is 10.9 Å². The Balaban J connectivity index is 1.94. The fraction of sp³-hybridized carbons (Fsp3) is 0.200. The second-order valence-corrected chi connectivity index (χ2v) is 5.60. The van der Waals surface area contributed by atoms with Gasteiger partial charge >= 0.3 is 0 Å². The first-order chi connectivity index (χ1) is 9.63. The standard InChI is InChI=1S/C15H14BrN3O/c1-19-7-6-11(18-19)9-14(20)15-12(16)8-10-4-2-3-5-13(10)17-15/h2-8,14,20H,9H2,1H3. The van der Waals surface area contributed by atoms with E-state index in [2.05, 4.69) is 26.0 Å². The Morgan fingerprint density at radius 3 is 2.85 bits per heavy atom. The molecule has 0 aliphatic rings. The first-order valence-electron chi connectivity index (χ1n) is 6.35. The third-order valence-electron chi connectivity index (χ3n) is 3.19. The molecule has 0 radical (unpaired) electrons. The van der Waals surface area contributed by atoms with Gasteiger partial charge in [-0.25, -0.2) is 4.98 Å². The van der Waals surface area contributed by atoms with Gasteiger partial charge in [0.05, 0.1) is 16.9 Å². The van der Waals surface area contributed by atoms with Crippen molar-refractivity contribution in [3.8, 4) is 0 Å². The predicted octanol–water partition coefficient (Wildman–Crippen LogP) is 3.01. The zero-order valence-electron chi connectivity index (χ0n) is 11.0. The Morgan fingerprint density at radius 1 is 1.30 bits per heavy atom. The van der Waals surface area contributed by atoms with E-state index in [0.29, 0.717) is 12.1 Å². The zero-order chi connectivity index (χ0) is 14.1. The second-order valence-electron chi connectivity index (χ2n) is 4.75. The number of benzene rings is 1. The number of halogens is 1. The van der Waals surface area contributed by atoms with E-state index in [1.807, 2.05) is 49.6 Å². The van der Waals surface area contributed by atoms with Crippen molar-refractivity contribution in [1.82, 2.24) is 14.8 Å². The van der Waals surface area contributed by atoms with Crippen molar-refractivity contribution in [1.29, 1.82) is 0 Å². The smallest absolute Gasteiger partial charge is 0.103 e. The molecule has 102 valence electrons. The monoisotopic (exact) mass is 331 g/mol. The Labute approximate surface area is 125 Å². The average molecular weight is 332 g/mol. The van der Waals surface area contributed by atoms with Crippen LogP contribution in [0.5, 0.6) is 0 Å². The number of fused-ring (bicyclic) bond motifs is 1. The lowest BCUT2D eigenvalue weighted by Crippen LogP contribution is -2.06. The van der Waals surface area contributed by atoms with Crippen molar-refractivity contribution in [3.63, 3.8) is 0 Å². The zero-order valence-corrected chi connectivity index (χ0v) is 12.6. The quantitative estimate of drug-likeness (QED) is 0.802. The van der Waals surface area contributed by atoms with E-state index in [1.54, 1.807) is 4.68 Å². The van der Waals surface area contributed by atoms with Crippen LogP contribution in [-0.4, -0.2) is 19.9 Å². The van der Waals surface area contributed by atoms with Crippen LogP contribution >= 0.6 is 15.9 Å². The lowest BCUT2D eigenvalue weighted by atomic mass is 10.1. The SMILES string of the molecule is Cn1ccc(CC(O)c2nc3ccccc3cc2Br)n1. The molecule has 3 rings (SSSR count). The molecule has 0 saturated carbocycles. The number of hydrogen-bond donors (Lipinski definition) is 1. The maximum Gasteiger partial charge on any atom is 0.103 e. The number of aromatic nitrogens is 3. The number of aliphatic hydroxyl groups is 1. The molecule has 0 spiro atoms. The number of hydrogen-bond acceptors (Lipinski definition) is 3. The van der Waals surface area contributed by atoms with Gasteiger partial charge in [-0.15, -0.1) is 0 Å². The minimum absolute atomic E-state index is 0.449. The summed E-state index contributed by atoms with van der Waals surface area (Å²) in [4.78, 5) is 4.55. The summed E-state index contributed by atoms with van der Waals surface area (Å²) in [5, 5.41) is 15.7. The lowest BCUT2D eigenvalue weighted by Gasteiger charge is -2.12. The highest BCUT2D eigenvalue weighted by molar-refractivity contribution is 9.10. The molecule has 0 bridgehead atoms. The number of nitrogens with zero attached hydrogens (tertiary/aromatic N) is 3. The third-order valence-corrected chi connectivity index (χ3v) is 3.83. The molecule has 5 heteroatoms. The van der Waals surface area contributed by atoms with E-state index in [-0.39, 0.29) is 0 Å². The number of para-hydroxylation sites is 1. The van der Waals surface area contributed by atoms with E-state index in [4.69, 9.17) is 0 Å². The van der Waals surface area contributed by atoms with Gasteiger partial charge in [0, 0.05) is 29.5 Å². The van der Waals surface area contributed by atoms with Crippen molar-refractivity contribution < 1.29 is 5.11 Å². The van der Waals surface area contributed by atoms with Crippen LogP contribution < -0.4 is 0 Å². The fourth-order valence-corrected chi connectivity index (χ4v) is 2.81. The summed E-state index contributed by atoms with van der Waals surface area (Å²) in [7, 11) is 1.86. The van der Waals surface area contributed by atoms with Gasteiger partial charge in [0.2, 0.25) is 0 Å². The first-order valence-corrected chi connectivity index (χ1v) is 7.14. The topological polar surface area (TPSA) is 50.9 Å². The van der Waals surface area contributed by atoms with E-state index in [9.17, 15) is 5.11 Å². The van der Waals surface area contributed by atoms with Gasteiger partial charge < -0.3 is 5.11 Å². The second kappa shape index (κ2) is 5.34. The highest BCUT2D eigenvalue weighted by atomic mass is 79.9. The Hall–Kier alpha value is -1.72. The molecule has 2 heterocycles. The molecule has 0 aliphatic heterocycles. The molecular weight excluding hydrogens is 318 g/mol. The Morgan fingerprint density at radius 2 is 2.10 bits per heavy atom. The summed E-state index contributed by atoms with van der Waals surface area (Å²) in [6.07, 6.45) is 1.64. The van der Waals surface area contributed by atoms with E-state index < -0.39 is 6.10 Å². The molecule has 0 aliphatic carbocycles. The van der Waals surface area contributed by atoms with E-state index in [1.165, 1.54) is 0 Å². The Kier molecular flexibility index (Phi) is 3.54. The van der Waals surface area contributed by atoms with Crippen LogP contribution in [0, 0.1) is 0 Å². The third kappa shape index (κ3) is 2.59. The van der Waals surface area contributed by atoms with Crippen molar-refractivity contribution in [2.24, 2.45) is 7.05 Å². The van der Waals surface area contributed by atoms with Gasteiger partial charge in [-0.2, -0.15) is 5.10 Å². The molecule has 3 aromatic rings. The molecule has 0 fully saturated rings. The molecule has 1 N–H and O–H groups in total. The van der Waals surface area contributed by atoms with Gasteiger partial charge in [-0.05, 0) is 34.1 Å². The predicted molar refractivity (Wildman–Crippen MR) is 81.3 cm³/mol. The molecule has 1 aromatic carbocycles. The molecule has 0 amide bonds. The van der Waals surface area contributed by atoms with Crippen LogP contribution in [0.1, 0.15) is 17.5 Å². The molecular formula is C15H14BrN3O. The van der Waals surface area contributed by atoms with Crippen LogP contribution in [0.4, 0.5) is 0 Å². The first kappa shape index (κ1) is 13.3. The normalized spacial score (nSPS) is 12.8. The minimum Gasteiger partial charge on any atom is -0.386 e. The maximum absolute atomic E-state index is 10.4. The largest absolute Gasteiger partial charge is 0.386 e. The summed E-state index contributed by atoms with van der Waals surface area (Å²) in [6.45, 7) is 0. The fourth-order valence-electron chi connectivity index (χ4n) is 2.21. The number of aliphatic hydroxyl groups excluding tert-OH is 1. The summed E-state index contributed by atoms with van der Waals surface area (Å²) in [5.74, 6) is 0. The maximum atomic E-state index is 10.4. The van der Waals surface area contributed by atoms with Crippen molar-refractivity contribution in [2.75, 3.05) is 0 Å². The van der Waals surface area contributed by atoms with Crippen LogP contribution in [0.15, 0.2) is 47.1 Å². The molecule has 20 heavy (non-hydrogen) atoms. The molecule has 2 aromatic heterocycles. The van der Waals surface area contributed by atoms with Crippen molar-refractivity contribution in [3.05, 3.63) is 58.5 Å². The molecule has 0 saturated heterocycles. The molecule has 4 nitrogen and oxygen atoms in total. The number of aryl methyl sites for hydroxylation is 1. The van der Waals surface area contributed by atoms with Crippen molar-refractivity contribution in [2.45, 2.75) is 12.5 Å². The van der Waals surface area contributed by atoms with Gasteiger partial charge in [-0.1, -0.05) is 18.2 Å². The molecule has 1 unspecified atom stereocenters. The summed E-state index contributed by atoms with van der Waals surface area (Å²) in [6, 6.07) is 11.7. The summed E-state index contributed by atoms with van der Waals surface area (Å²) < 4.78 is 2.55. The van der Waals surface area contributed by atoms with Gasteiger partial charge in [0.1, 0.15) is 6.10 Å². The van der Waals surface area contributed by atoms with Gasteiger partial charge in [0.25, 0.3) is 0 Å². The summed E-state index contributed by atoms with van der Waals surface area (Å²) >= 11 is 3.49. The van der Waals surface area contributed by atoms with Gasteiger partial charge in [0.15, 0.2) is 0 Å². The highest BCUT2D eigenvalue weighted by Crippen LogP contribution is 2.27. The molecule has 1 atom stereocenters. The van der Waals surface area contributed by atoms with E-state index in [0.717, 1.165) is 21.1 Å². The highest BCUT2D eigenvalue weighted by Gasteiger charge is 2.16. The van der Waals surface area contributed by atoms with E-state index >= 15 is 0 Å². The Bertz CT molecular complexity index is 754. The summed E-state index contributed by atoms with van der Waals surface area (Å²) in [5.41, 5.74) is 2.38. The van der Waals surface area contributed by atoms with Crippen LogP contribution in [0.3, 0.4) is 0 Å².